The number of nitrogens with one attached hydrogen (secondary N) is 2. The number of ether oxygens (including phenoxy) is 1. The molecule has 8 nitrogen and oxygen atoms in total. The third-order valence-electron chi connectivity index (χ3n) is 5.22. The summed E-state index contributed by atoms with van der Waals surface area (Å²) in [6.45, 7) is 7.44. The summed E-state index contributed by atoms with van der Waals surface area (Å²) in [6.07, 6.45) is 1.51. The topological polar surface area (TPSA) is 110 Å². The lowest BCUT2D eigenvalue weighted by molar-refractivity contribution is -0.123. The Morgan fingerprint density at radius 1 is 1.03 bits per heavy atom. The van der Waals surface area contributed by atoms with Crippen LogP contribution in [0.4, 0.5) is 0 Å². The van der Waals surface area contributed by atoms with E-state index in [0.29, 0.717) is 34.1 Å². The first-order chi connectivity index (χ1) is 18.0. The number of rotatable bonds is 10. The molecule has 0 bridgehead atoms. The van der Waals surface area contributed by atoms with E-state index >= 15 is 0 Å². The van der Waals surface area contributed by atoms with Crippen LogP contribution in [0, 0.1) is 5.92 Å². The number of hydrazone groups is 1. The van der Waals surface area contributed by atoms with Crippen LogP contribution in [0.2, 0.25) is 10.0 Å². The normalized spacial score (nSPS) is 12.1. The molecule has 0 unspecified atom stereocenters. The van der Waals surface area contributed by atoms with Crippen molar-refractivity contribution in [1.82, 2.24) is 10.7 Å². The van der Waals surface area contributed by atoms with Gasteiger partial charge in [0.1, 0.15) is 17.6 Å². The second kappa shape index (κ2) is 13.3. The van der Waals surface area contributed by atoms with Crippen molar-refractivity contribution in [3.63, 3.8) is 0 Å². The first-order valence-electron chi connectivity index (χ1n) is 12.0. The predicted octanol–water partition coefficient (Wildman–Crippen LogP) is 6.11. The monoisotopic (exact) mass is 557 g/mol. The lowest BCUT2D eigenvalue weighted by Gasteiger charge is -2.19. The van der Waals surface area contributed by atoms with E-state index in [1.807, 2.05) is 13.8 Å². The third kappa shape index (κ3) is 8.19. The lowest BCUT2D eigenvalue weighted by Crippen LogP contribution is -2.46. The lowest BCUT2D eigenvalue weighted by atomic mass is 10.0. The van der Waals surface area contributed by atoms with Crippen molar-refractivity contribution >= 4 is 47.2 Å². The van der Waals surface area contributed by atoms with E-state index in [4.69, 9.17) is 32.4 Å². The van der Waals surface area contributed by atoms with E-state index in [2.05, 4.69) is 15.8 Å². The van der Waals surface area contributed by atoms with Gasteiger partial charge in [0.2, 0.25) is 0 Å². The number of carbonyl (C=O) groups excluding carboxylic acids is 3. The molecule has 2 N–H and O–H groups in total. The van der Waals surface area contributed by atoms with Gasteiger partial charge in [0.25, 0.3) is 11.8 Å². The van der Waals surface area contributed by atoms with Gasteiger partial charge in [-0.1, -0.05) is 49.2 Å². The molecule has 38 heavy (non-hydrogen) atoms. The van der Waals surface area contributed by atoms with E-state index in [-0.39, 0.29) is 22.6 Å². The maximum Gasteiger partial charge on any atom is 0.338 e. The van der Waals surface area contributed by atoms with Gasteiger partial charge in [0.05, 0.1) is 28.5 Å². The molecule has 0 spiro atoms. The van der Waals surface area contributed by atoms with Crippen LogP contribution >= 0.6 is 23.2 Å². The Hall–Kier alpha value is -3.62. The molecule has 200 valence electrons. The minimum atomic E-state index is -0.841. The molecule has 0 aliphatic heterocycles. The summed E-state index contributed by atoms with van der Waals surface area (Å²) >= 11 is 12.0. The van der Waals surface area contributed by atoms with Gasteiger partial charge in [-0.15, -0.1) is 0 Å². The molecule has 1 aromatic heterocycles. The fraction of sp³-hybridized carbons (Fsp3) is 0.286. The summed E-state index contributed by atoms with van der Waals surface area (Å²) in [7, 11) is 0. The van der Waals surface area contributed by atoms with Crippen molar-refractivity contribution < 1.29 is 23.5 Å². The maximum atomic E-state index is 12.8. The SMILES string of the molecule is CC(C)C[C@H](NC(=O)c1ccc(Cl)cc1Cl)C(=O)N/N=C/c1ccc(-c2cccc(C(=O)OC(C)C)c2)o1. The highest BCUT2D eigenvalue weighted by molar-refractivity contribution is 6.36. The van der Waals surface area contributed by atoms with Crippen molar-refractivity contribution in [1.29, 1.82) is 0 Å². The molecule has 2 aromatic carbocycles. The first kappa shape index (κ1) is 28.9. The highest BCUT2D eigenvalue weighted by Crippen LogP contribution is 2.23. The second-order valence-electron chi connectivity index (χ2n) is 9.25. The van der Waals surface area contributed by atoms with Crippen LogP contribution in [0.5, 0.6) is 0 Å². The number of furan rings is 1. The smallest absolute Gasteiger partial charge is 0.338 e. The molecule has 0 saturated carbocycles. The van der Waals surface area contributed by atoms with Crippen LogP contribution in [-0.4, -0.2) is 36.1 Å². The second-order valence-corrected chi connectivity index (χ2v) is 10.1. The molecule has 0 aliphatic carbocycles. The van der Waals surface area contributed by atoms with E-state index < -0.39 is 23.8 Å². The van der Waals surface area contributed by atoms with E-state index in [1.54, 1.807) is 56.3 Å². The number of amides is 2. The van der Waals surface area contributed by atoms with E-state index in [9.17, 15) is 14.4 Å². The van der Waals surface area contributed by atoms with Crippen molar-refractivity contribution in [3.05, 3.63) is 81.5 Å². The minimum Gasteiger partial charge on any atom is -0.459 e. The number of benzene rings is 2. The quantitative estimate of drug-likeness (QED) is 0.177. The number of nitrogens with zero attached hydrogens (tertiary/aromatic N) is 1. The standard InChI is InChI=1S/C28H29Cl2N3O5/c1-16(2)12-24(32-26(34)22-10-8-20(29)14-23(22)30)27(35)33-31-15-21-9-11-25(38-21)18-6-5-7-19(13-18)28(36)37-17(3)4/h5-11,13-17,24H,12H2,1-4H3,(H,32,34)(H,33,35)/b31-15+/t24-/m0/s1. The summed E-state index contributed by atoms with van der Waals surface area (Å²) in [5, 5.41) is 7.28. The van der Waals surface area contributed by atoms with Gasteiger partial charge in [-0.3, -0.25) is 9.59 Å². The van der Waals surface area contributed by atoms with Gasteiger partial charge in [-0.2, -0.15) is 5.10 Å². The largest absolute Gasteiger partial charge is 0.459 e. The zero-order valence-corrected chi connectivity index (χ0v) is 23.0. The van der Waals surface area contributed by atoms with Gasteiger partial charge in [0, 0.05) is 10.6 Å². The molecule has 2 amide bonds. The Bertz CT molecular complexity index is 1330. The summed E-state index contributed by atoms with van der Waals surface area (Å²) < 4.78 is 11.0. The van der Waals surface area contributed by atoms with E-state index in [1.165, 1.54) is 18.3 Å². The molecule has 3 rings (SSSR count). The molecular formula is C28H29Cl2N3O5. The summed E-state index contributed by atoms with van der Waals surface area (Å²) in [5.74, 6) is -0.381. The zero-order valence-electron chi connectivity index (χ0n) is 21.5. The van der Waals surface area contributed by atoms with Gasteiger partial charge in [-0.05, 0) is 68.7 Å². The number of esters is 1. The number of hydrogen-bond donors (Lipinski definition) is 2. The molecular weight excluding hydrogens is 529 g/mol. The molecule has 0 saturated heterocycles. The molecule has 0 radical (unpaired) electrons. The minimum absolute atomic E-state index is 0.122. The van der Waals surface area contributed by atoms with Crippen LogP contribution < -0.4 is 10.7 Å². The first-order valence-corrected chi connectivity index (χ1v) is 12.8. The van der Waals surface area contributed by atoms with Gasteiger partial charge in [-0.25, -0.2) is 10.2 Å². The van der Waals surface area contributed by atoms with Crippen LogP contribution in [0.25, 0.3) is 11.3 Å². The van der Waals surface area contributed by atoms with Crippen LogP contribution in [0.15, 0.2) is 64.1 Å². The molecule has 0 aliphatic rings. The van der Waals surface area contributed by atoms with Gasteiger partial charge in [0.15, 0.2) is 0 Å². The van der Waals surface area contributed by atoms with E-state index in [0.717, 1.165) is 0 Å². The Morgan fingerprint density at radius 2 is 1.79 bits per heavy atom. The van der Waals surface area contributed by atoms with Crippen molar-refractivity contribution in [2.24, 2.45) is 11.0 Å². The Kier molecular flexibility index (Phi) is 10.1. The average Bonchev–Trinajstić information content (AvgIpc) is 3.32. The molecule has 1 atom stereocenters. The summed E-state index contributed by atoms with van der Waals surface area (Å²) in [6, 6.07) is 14.0. The van der Waals surface area contributed by atoms with Crippen LogP contribution in [0.3, 0.4) is 0 Å². The maximum absolute atomic E-state index is 12.8. The molecule has 3 aromatic rings. The summed E-state index contributed by atoms with van der Waals surface area (Å²) in [5.41, 5.74) is 3.76. The summed E-state index contributed by atoms with van der Waals surface area (Å²) in [4.78, 5) is 37.7. The van der Waals surface area contributed by atoms with Crippen molar-refractivity contribution in [2.45, 2.75) is 46.3 Å². The van der Waals surface area contributed by atoms with Crippen LogP contribution in [0.1, 0.15) is 60.6 Å². The number of halogens is 2. The number of carbonyl (C=O) groups is 3. The highest BCUT2D eigenvalue weighted by atomic mass is 35.5. The molecule has 10 heteroatoms. The Labute approximate surface area is 231 Å². The third-order valence-corrected chi connectivity index (χ3v) is 5.77. The van der Waals surface area contributed by atoms with Gasteiger partial charge >= 0.3 is 5.97 Å². The molecule has 1 heterocycles. The highest BCUT2D eigenvalue weighted by Gasteiger charge is 2.23. The number of hydrogen-bond acceptors (Lipinski definition) is 6. The van der Waals surface area contributed by atoms with Crippen molar-refractivity contribution in [3.8, 4) is 11.3 Å². The molecule has 0 fully saturated rings. The Balaban J connectivity index is 1.66. The fourth-order valence-electron chi connectivity index (χ4n) is 3.51. The van der Waals surface area contributed by atoms with Crippen LogP contribution in [-0.2, 0) is 9.53 Å². The van der Waals surface area contributed by atoms with Gasteiger partial charge < -0.3 is 14.5 Å². The fourth-order valence-corrected chi connectivity index (χ4v) is 4.00. The van der Waals surface area contributed by atoms with Crippen molar-refractivity contribution in [2.75, 3.05) is 0 Å². The zero-order chi connectivity index (χ0) is 27.8. The predicted molar refractivity (Wildman–Crippen MR) is 148 cm³/mol. The average molecular weight is 558 g/mol. The Morgan fingerprint density at radius 3 is 2.47 bits per heavy atom.